The third-order valence-electron chi connectivity index (χ3n) is 3.68. The zero-order valence-corrected chi connectivity index (χ0v) is 13.8. The number of ether oxygens (including phenoxy) is 1. The smallest absolute Gasteiger partial charge is 0.231 e. The van der Waals surface area contributed by atoms with Crippen molar-refractivity contribution in [1.29, 1.82) is 0 Å². The van der Waals surface area contributed by atoms with E-state index in [2.05, 4.69) is 4.72 Å². The van der Waals surface area contributed by atoms with Crippen molar-refractivity contribution >= 4 is 15.9 Å². The Morgan fingerprint density at radius 1 is 1.26 bits per heavy atom. The third kappa shape index (κ3) is 6.55. The summed E-state index contributed by atoms with van der Waals surface area (Å²) in [7, 11) is -3.38. The maximum Gasteiger partial charge on any atom is 0.231 e. The van der Waals surface area contributed by atoms with Gasteiger partial charge < -0.3 is 10.5 Å². The van der Waals surface area contributed by atoms with Crippen molar-refractivity contribution in [2.75, 3.05) is 32.0 Å². The fourth-order valence-corrected chi connectivity index (χ4v) is 3.69. The Labute approximate surface area is 136 Å². The van der Waals surface area contributed by atoms with E-state index in [4.69, 9.17) is 10.5 Å². The lowest BCUT2D eigenvalue weighted by atomic mass is 10.1. The third-order valence-corrected chi connectivity index (χ3v) is 5.07. The lowest BCUT2D eigenvalue weighted by Gasteiger charge is -2.31. The Morgan fingerprint density at radius 2 is 1.91 bits per heavy atom. The summed E-state index contributed by atoms with van der Waals surface area (Å²) in [6.45, 7) is 1.66. The Hall–Kier alpha value is -1.64. The molecule has 1 saturated heterocycles. The molecule has 0 saturated carbocycles. The van der Waals surface area contributed by atoms with Crippen molar-refractivity contribution in [3.05, 3.63) is 30.3 Å². The summed E-state index contributed by atoms with van der Waals surface area (Å²) in [6.07, 6.45) is 1.35. The second-order valence-corrected chi connectivity index (χ2v) is 7.49. The number of sulfonamides is 1. The minimum Gasteiger partial charge on any atom is -0.492 e. The van der Waals surface area contributed by atoms with Crippen molar-refractivity contribution in [2.45, 2.75) is 18.9 Å². The molecular formula is C15H23N3O4S. The predicted octanol–water partition coefficient (Wildman–Crippen LogP) is -0.0655. The monoisotopic (exact) mass is 341 g/mol. The summed E-state index contributed by atoms with van der Waals surface area (Å²) >= 11 is 0. The van der Waals surface area contributed by atoms with Gasteiger partial charge in [-0.1, -0.05) is 18.2 Å². The zero-order valence-electron chi connectivity index (χ0n) is 13.0. The van der Waals surface area contributed by atoms with Gasteiger partial charge in [0.2, 0.25) is 15.9 Å². The average Bonchev–Trinajstić information content (AvgIpc) is 2.49. The zero-order chi connectivity index (χ0) is 16.7. The van der Waals surface area contributed by atoms with E-state index in [1.165, 1.54) is 0 Å². The number of nitrogens with zero attached hydrogens (tertiary/aromatic N) is 1. The van der Waals surface area contributed by atoms with E-state index in [0.717, 1.165) is 0 Å². The molecule has 0 unspecified atom stereocenters. The first-order valence-electron chi connectivity index (χ1n) is 7.63. The van der Waals surface area contributed by atoms with Crippen LogP contribution in [0.3, 0.4) is 0 Å². The van der Waals surface area contributed by atoms with Gasteiger partial charge in [-0.3, -0.25) is 9.69 Å². The quantitative estimate of drug-likeness (QED) is 0.689. The Kier molecular flexibility index (Phi) is 6.37. The van der Waals surface area contributed by atoms with Crippen molar-refractivity contribution in [3.63, 3.8) is 0 Å². The largest absolute Gasteiger partial charge is 0.492 e. The number of hydrogen-bond donors (Lipinski definition) is 2. The van der Waals surface area contributed by atoms with Crippen LogP contribution in [0.15, 0.2) is 30.3 Å². The van der Waals surface area contributed by atoms with Gasteiger partial charge in [-0.25, -0.2) is 13.1 Å². The molecule has 1 aromatic rings. The molecule has 1 aromatic carbocycles. The molecule has 0 radical (unpaired) electrons. The summed E-state index contributed by atoms with van der Waals surface area (Å²) in [5.41, 5.74) is 5.16. The summed E-state index contributed by atoms with van der Waals surface area (Å²) in [4.78, 5) is 12.8. The molecule has 1 aliphatic heterocycles. The van der Waals surface area contributed by atoms with Crippen LogP contribution in [0.4, 0.5) is 0 Å². The number of carbonyl (C=O) groups excluding carboxylic acids is 1. The topological polar surface area (TPSA) is 102 Å². The van der Waals surface area contributed by atoms with Crippen LogP contribution in [0.2, 0.25) is 0 Å². The van der Waals surface area contributed by atoms with Gasteiger partial charge in [-0.2, -0.15) is 0 Å². The molecule has 0 bridgehead atoms. The molecule has 1 amide bonds. The Bertz CT molecular complexity index is 598. The fraction of sp³-hybridized carbons (Fsp3) is 0.533. The van der Waals surface area contributed by atoms with Gasteiger partial charge in [0.05, 0.1) is 12.3 Å². The molecule has 3 N–H and O–H groups in total. The van der Waals surface area contributed by atoms with Gasteiger partial charge >= 0.3 is 0 Å². The molecule has 7 nitrogen and oxygen atoms in total. The van der Waals surface area contributed by atoms with Crippen LogP contribution in [0, 0.1) is 0 Å². The average molecular weight is 341 g/mol. The number of nitrogens with two attached hydrogens (primary N) is 1. The predicted molar refractivity (Wildman–Crippen MR) is 87.5 cm³/mol. The highest BCUT2D eigenvalue weighted by Crippen LogP contribution is 2.11. The SMILES string of the molecule is NC(=O)CN1CCC(NS(=O)(=O)CCOc2ccccc2)CC1. The van der Waals surface area contributed by atoms with E-state index < -0.39 is 10.0 Å². The van der Waals surface area contributed by atoms with E-state index in [1.54, 1.807) is 12.1 Å². The maximum atomic E-state index is 12.1. The van der Waals surface area contributed by atoms with E-state index in [9.17, 15) is 13.2 Å². The number of carbonyl (C=O) groups is 1. The number of amides is 1. The molecule has 1 aliphatic rings. The highest BCUT2D eigenvalue weighted by Gasteiger charge is 2.24. The molecule has 1 fully saturated rings. The van der Waals surface area contributed by atoms with Crippen molar-refractivity contribution < 1.29 is 17.9 Å². The Balaban J connectivity index is 1.71. The van der Waals surface area contributed by atoms with Crippen molar-refractivity contribution in [1.82, 2.24) is 9.62 Å². The van der Waals surface area contributed by atoms with Gasteiger partial charge in [0.1, 0.15) is 12.4 Å². The molecular weight excluding hydrogens is 318 g/mol. The van der Waals surface area contributed by atoms with Crippen molar-refractivity contribution in [3.8, 4) is 5.75 Å². The van der Waals surface area contributed by atoms with E-state index in [1.807, 2.05) is 23.1 Å². The standard InChI is InChI=1S/C15H23N3O4S/c16-15(19)12-18-8-6-13(7-9-18)17-23(20,21)11-10-22-14-4-2-1-3-5-14/h1-5,13,17H,6-12H2,(H2,16,19). The normalized spacial score (nSPS) is 17.0. The van der Waals surface area contributed by atoms with Gasteiger partial charge in [0.25, 0.3) is 0 Å². The number of rotatable bonds is 8. The molecule has 128 valence electrons. The van der Waals surface area contributed by atoms with Gasteiger partial charge in [0.15, 0.2) is 0 Å². The first-order valence-corrected chi connectivity index (χ1v) is 9.28. The van der Waals surface area contributed by atoms with Crippen LogP contribution < -0.4 is 15.2 Å². The van der Waals surface area contributed by atoms with Crippen LogP contribution in [-0.4, -0.2) is 57.3 Å². The highest BCUT2D eigenvalue weighted by molar-refractivity contribution is 7.89. The minimum atomic E-state index is -3.38. The molecule has 2 rings (SSSR count). The Morgan fingerprint density at radius 3 is 2.52 bits per heavy atom. The van der Waals surface area contributed by atoms with Crippen LogP contribution >= 0.6 is 0 Å². The van der Waals surface area contributed by atoms with Crippen LogP contribution in [0.5, 0.6) is 5.75 Å². The number of piperidine rings is 1. The molecule has 0 spiro atoms. The van der Waals surface area contributed by atoms with Crippen LogP contribution in [0.1, 0.15) is 12.8 Å². The van der Waals surface area contributed by atoms with Gasteiger partial charge in [-0.05, 0) is 25.0 Å². The van der Waals surface area contributed by atoms with Crippen molar-refractivity contribution in [2.24, 2.45) is 5.73 Å². The van der Waals surface area contributed by atoms with Crippen LogP contribution in [-0.2, 0) is 14.8 Å². The molecule has 0 aromatic heterocycles. The van der Waals surface area contributed by atoms with Gasteiger partial charge in [0, 0.05) is 19.1 Å². The number of primary amides is 1. The summed E-state index contributed by atoms with van der Waals surface area (Å²) in [5, 5.41) is 0. The number of likely N-dealkylation sites (tertiary alicyclic amines) is 1. The number of benzene rings is 1. The first-order chi connectivity index (χ1) is 10.9. The number of hydrogen-bond acceptors (Lipinski definition) is 5. The lowest BCUT2D eigenvalue weighted by molar-refractivity contribution is -0.119. The molecule has 8 heteroatoms. The fourth-order valence-electron chi connectivity index (χ4n) is 2.53. The van der Waals surface area contributed by atoms with Gasteiger partial charge in [-0.15, -0.1) is 0 Å². The molecule has 23 heavy (non-hydrogen) atoms. The minimum absolute atomic E-state index is 0.0800. The van der Waals surface area contributed by atoms with E-state index in [-0.39, 0.29) is 30.9 Å². The summed E-state index contributed by atoms with van der Waals surface area (Å²) in [6, 6.07) is 9.02. The summed E-state index contributed by atoms with van der Waals surface area (Å²) in [5.74, 6) is 0.216. The second kappa shape index (κ2) is 8.28. The number of para-hydroxylation sites is 1. The molecule has 0 aliphatic carbocycles. The molecule has 0 atom stereocenters. The van der Waals surface area contributed by atoms with Crippen LogP contribution in [0.25, 0.3) is 0 Å². The second-order valence-electron chi connectivity index (χ2n) is 5.61. The van der Waals surface area contributed by atoms with E-state index >= 15 is 0 Å². The molecule has 1 heterocycles. The first kappa shape index (κ1) is 17.7. The number of nitrogens with one attached hydrogen (secondary N) is 1. The van der Waals surface area contributed by atoms with E-state index in [0.29, 0.717) is 31.7 Å². The maximum absolute atomic E-state index is 12.1. The highest BCUT2D eigenvalue weighted by atomic mass is 32.2. The lowest BCUT2D eigenvalue weighted by Crippen LogP contribution is -2.47. The summed E-state index contributed by atoms with van der Waals surface area (Å²) < 4.78 is 32.3.